The van der Waals surface area contributed by atoms with Gasteiger partial charge in [0.1, 0.15) is 23.4 Å². The lowest BCUT2D eigenvalue weighted by Gasteiger charge is -2.10. The summed E-state index contributed by atoms with van der Waals surface area (Å²) in [5.74, 6) is -0.588. The fourth-order valence-electron chi connectivity index (χ4n) is 2.30. The summed E-state index contributed by atoms with van der Waals surface area (Å²) in [5.41, 5.74) is 0.272. The second-order valence-corrected chi connectivity index (χ2v) is 6.07. The zero-order valence-electron chi connectivity index (χ0n) is 11.4. The molecule has 0 saturated heterocycles. The number of ether oxygens (including phenoxy) is 1. The van der Waals surface area contributed by atoms with Gasteiger partial charge in [0.25, 0.3) is 0 Å². The highest BCUT2D eigenvalue weighted by molar-refractivity contribution is 8.00. The van der Waals surface area contributed by atoms with Gasteiger partial charge in [0.2, 0.25) is 0 Å². The highest BCUT2D eigenvalue weighted by Crippen LogP contribution is 2.50. The third-order valence-electron chi connectivity index (χ3n) is 3.21. The third kappa shape index (κ3) is 2.96. The van der Waals surface area contributed by atoms with E-state index in [0.29, 0.717) is 16.7 Å². The summed E-state index contributed by atoms with van der Waals surface area (Å²) in [6, 6.07) is 9.89. The molecule has 0 atom stereocenters. The van der Waals surface area contributed by atoms with Crippen LogP contribution in [0.5, 0.6) is 11.5 Å². The molecule has 0 amide bonds. The molecule has 23 heavy (non-hydrogen) atoms. The Morgan fingerprint density at radius 1 is 1.13 bits per heavy atom. The van der Waals surface area contributed by atoms with Gasteiger partial charge >= 0.3 is 5.25 Å². The first kappa shape index (κ1) is 15.3. The molecular formula is C16H7F3N2OS. The van der Waals surface area contributed by atoms with Crippen LogP contribution in [-0.2, 0) is 6.42 Å². The Hall–Kier alpha value is -2.64. The number of nitriles is 2. The Balaban J connectivity index is 2.02. The van der Waals surface area contributed by atoms with Crippen molar-refractivity contribution in [2.75, 3.05) is 0 Å². The molecule has 1 heterocycles. The first-order valence-electron chi connectivity index (χ1n) is 6.43. The highest BCUT2D eigenvalue weighted by atomic mass is 32.2. The van der Waals surface area contributed by atoms with Gasteiger partial charge in [-0.15, -0.1) is 0 Å². The molecule has 3 nitrogen and oxygen atoms in total. The molecule has 1 aliphatic heterocycles. The number of fused-ring (bicyclic) bond motifs is 1. The molecule has 3 rings (SSSR count). The largest absolute Gasteiger partial charge is 0.456 e. The number of benzene rings is 2. The van der Waals surface area contributed by atoms with E-state index < -0.39 is 17.5 Å². The zero-order valence-corrected chi connectivity index (χ0v) is 12.3. The summed E-state index contributed by atoms with van der Waals surface area (Å²) < 4.78 is 45.9. The molecule has 0 aromatic heterocycles. The minimum Gasteiger partial charge on any atom is -0.456 e. The van der Waals surface area contributed by atoms with Gasteiger partial charge in [0, 0.05) is 17.4 Å². The quantitative estimate of drug-likeness (QED) is 0.806. The van der Waals surface area contributed by atoms with Crippen LogP contribution >= 0.6 is 11.8 Å². The van der Waals surface area contributed by atoms with E-state index in [1.807, 2.05) is 6.07 Å². The maximum absolute atomic E-state index is 13.5. The average molecular weight is 332 g/mol. The number of hydrogen-bond acceptors (Lipinski definition) is 4. The number of halogens is 3. The second-order valence-electron chi connectivity index (χ2n) is 4.83. The second kappa shape index (κ2) is 5.53. The Bertz CT molecular complexity index is 884. The number of thioether (sulfide) groups is 1. The number of nitrogens with zero attached hydrogens (tertiary/aromatic N) is 2. The fourth-order valence-corrected chi connectivity index (χ4v) is 3.27. The summed E-state index contributed by atoms with van der Waals surface area (Å²) >= 11 is 0.403. The molecule has 0 radical (unpaired) electrons. The van der Waals surface area contributed by atoms with Crippen molar-refractivity contribution in [1.29, 1.82) is 10.5 Å². The van der Waals surface area contributed by atoms with Gasteiger partial charge in [0.05, 0.1) is 17.2 Å². The summed E-state index contributed by atoms with van der Waals surface area (Å²) in [6.07, 6.45) is -0.556. The van der Waals surface area contributed by atoms with Gasteiger partial charge in [-0.25, -0.2) is 4.39 Å². The van der Waals surface area contributed by atoms with Gasteiger partial charge in [-0.1, -0.05) is 11.8 Å². The van der Waals surface area contributed by atoms with Crippen LogP contribution in [0, 0.1) is 28.5 Å². The van der Waals surface area contributed by atoms with Gasteiger partial charge in [-0.2, -0.15) is 19.3 Å². The normalized spacial score (nSPS) is 14.7. The monoisotopic (exact) mass is 332 g/mol. The lowest BCUT2D eigenvalue weighted by atomic mass is 10.0. The maximum atomic E-state index is 13.5. The van der Waals surface area contributed by atoms with Crippen LogP contribution in [0.15, 0.2) is 35.2 Å². The van der Waals surface area contributed by atoms with Crippen LogP contribution in [0.25, 0.3) is 0 Å². The molecule has 1 aliphatic rings. The van der Waals surface area contributed by atoms with E-state index in [0.717, 1.165) is 12.1 Å². The summed E-state index contributed by atoms with van der Waals surface area (Å²) in [7, 11) is 0. The number of alkyl halides is 2. The van der Waals surface area contributed by atoms with Crippen molar-refractivity contribution in [3.05, 3.63) is 52.8 Å². The van der Waals surface area contributed by atoms with Crippen molar-refractivity contribution in [3.8, 4) is 23.6 Å². The molecule has 2 aromatic carbocycles. The van der Waals surface area contributed by atoms with E-state index in [1.54, 1.807) is 6.07 Å². The molecule has 2 aromatic rings. The zero-order chi connectivity index (χ0) is 16.6. The number of rotatable bonds is 2. The van der Waals surface area contributed by atoms with Crippen molar-refractivity contribution >= 4 is 11.8 Å². The summed E-state index contributed by atoms with van der Waals surface area (Å²) in [6.45, 7) is 0. The van der Waals surface area contributed by atoms with E-state index in [4.69, 9.17) is 10.00 Å². The van der Waals surface area contributed by atoms with Crippen LogP contribution < -0.4 is 4.74 Å². The van der Waals surface area contributed by atoms with Crippen molar-refractivity contribution < 1.29 is 17.9 Å². The smallest absolute Gasteiger partial charge is 0.302 e. The van der Waals surface area contributed by atoms with E-state index in [-0.39, 0.29) is 28.2 Å². The number of hydrogen-bond donors (Lipinski definition) is 0. The standard InChI is InChI=1S/C16H7F3N2OS/c17-10-3-9(7-20)4-11(5-10)22-14-1-2-15-12(13(14)8-21)6-16(18,19)23-15/h1-5H,6H2. The van der Waals surface area contributed by atoms with Crippen LogP contribution in [0.3, 0.4) is 0 Å². The Morgan fingerprint density at radius 2 is 1.91 bits per heavy atom. The Labute approximate surface area is 133 Å². The SMILES string of the molecule is N#Cc1cc(F)cc(Oc2ccc3c(c2C#N)CC(F)(F)S3)c1. The molecule has 0 spiro atoms. The molecule has 7 heteroatoms. The molecule has 114 valence electrons. The van der Waals surface area contributed by atoms with E-state index in [2.05, 4.69) is 0 Å². The Morgan fingerprint density at radius 3 is 2.61 bits per heavy atom. The van der Waals surface area contributed by atoms with Crippen molar-refractivity contribution in [1.82, 2.24) is 0 Å². The molecule has 0 bridgehead atoms. The molecule has 0 fully saturated rings. The van der Waals surface area contributed by atoms with E-state index in [9.17, 15) is 18.4 Å². The van der Waals surface area contributed by atoms with E-state index in [1.165, 1.54) is 18.2 Å². The lowest BCUT2D eigenvalue weighted by Crippen LogP contribution is -2.08. The highest BCUT2D eigenvalue weighted by Gasteiger charge is 2.40. The fraction of sp³-hybridized carbons (Fsp3) is 0.125. The average Bonchev–Trinajstić information content (AvgIpc) is 2.80. The molecule has 0 saturated carbocycles. The summed E-state index contributed by atoms with van der Waals surface area (Å²) in [5, 5.41) is 15.1. The lowest BCUT2D eigenvalue weighted by molar-refractivity contribution is 0.111. The van der Waals surface area contributed by atoms with Gasteiger partial charge in [0.15, 0.2) is 0 Å². The van der Waals surface area contributed by atoms with Crippen molar-refractivity contribution in [2.45, 2.75) is 16.6 Å². The van der Waals surface area contributed by atoms with Crippen LogP contribution in [0.1, 0.15) is 16.7 Å². The van der Waals surface area contributed by atoms with Crippen LogP contribution in [0.2, 0.25) is 0 Å². The van der Waals surface area contributed by atoms with Crippen molar-refractivity contribution in [2.24, 2.45) is 0 Å². The molecule has 0 N–H and O–H groups in total. The van der Waals surface area contributed by atoms with Gasteiger partial charge in [-0.05, 0) is 29.8 Å². The maximum Gasteiger partial charge on any atom is 0.302 e. The molecule has 0 aliphatic carbocycles. The van der Waals surface area contributed by atoms with Crippen LogP contribution in [-0.4, -0.2) is 5.25 Å². The third-order valence-corrected chi connectivity index (χ3v) is 4.26. The Kier molecular flexibility index (Phi) is 3.67. The first-order valence-corrected chi connectivity index (χ1v) is 7.25. The topological polar surface area (TPSA) is 56.8 Å². The van der Waals surface area contributed by atoms with Crippen LogP contribution in [0.4, 0.5) is 13.2 Å². The first-order chi connectivity index (χ1) is 10.9. The molecular weight excluding hydrogens is 325 g/mol. The predicted molar refractivity (Wildman–Crippen MR) is 76.9 cm³/mol. The minimum atomic E-state index is -2.96. The van der Waals surface area contributed by atoms with Gasteiger partial charge < -0.3 is 4.74 Å². The van der Waals surface area contributed by atoms with E-state index >= 15 is 0 Å². The van der Waals surface area contributed by atoms with Crippen molar-refractivity contribution in [3.63, 3.8) is 0 Å². The summed E-state index contributed by atoms with van der Waals surface area (Å²) in [4.78, 5) is 0.329. The van der Waals surface area contributed by atoms with Gasteiger partial charge in [-0.3, -0.25) is 0 Å². The molecule has 0 unspecified atom stereocenters. The minimum absolute atomic E-state index is 0.00468. The predicted octanol–water partition coefficient (Wildman–Crippen LogP) is 4.60.